The molecule has 6 heteroatoms. The summed E-state index contributed by atoms with van der Waals surface area (Å²) in [5, 5.41) is 1.16. The van der Waals surface area contributed by atoms with Crippen molar-refractivity contribution in [3.63, 3.8) is 0 Å². The first-order valence-electron chi connectivity index (χ1n) is 5.87. The molecule has 0 fully saturated rings. The smallest absolute Gasteiger partial charge is 0.142 e. The first-order valence-corrected chi connectivity index (χ1v) is 6.62. The van der Waals surface area contributed by atoms with Crippen LogP contribution in [-0.2, 0) is 0 Å². The Balaban J connectivity index is 2.22. The van der Waals surface area contributed by atoms with Gasteiger partial charge in [0.15, 0.2) is 0 Å². The number of ether oxygens (including phenoxy) is 1. The molecule has 0 aliphatic carbocycles. The summed E-state index contributed by atoms with van der Waals surface area (Å²) in [5.74, 6) is 1.30. The third-order valence-corrected chi connectivity index (χ3v) is 3.45. The van der Waals surface area contributed by atoms with Gasteiger partial charge < -0.3 is 15.5 Å². The molecule has 0 aliphatic rings. The number of nitrogens with zero attached hydrogens (tertiary/aromatic N) is 1. The van der Waals surface area contributed by atoms with Crippen LogP contribution in [0.5, 0.6) is 5.75 Å². The number of hydrogen-bond donors (Lipinski definition) is 2. The van der Waals surface area contributed by atoms with Gasteiger partial charge in [-0.1, -0.05) is 23.2 Å². The van der Waals surface area contributed by atoms with E-state index in [-0.39, 0.29) is 0 Å². The maximum absolute atomic E-state index is 5.99. The number of halogens is 2. The van der Waals surface area contributed by atoms with Gasteiger partial charge in [-0.25, -0.2) is 4.98 Å². The summed E-state index contributed by atoms with van der Waals surface area (Å²) in [6, 6.07) is 8.82. The van der Waals surface area contributed by atoms with E-state index in [1.807, 2.05) is 6.07 Å². The van der Waals surface area contributed by atoms with Crippen molar-refractivity contribution in [1.29, 1.82) is 0 Å². The van der Waals surface area contributed by atoms with Crippen LogP contribution in [0, 0.1) is 0 Å². The van der Waals surface area contributed by atoms with Crippen molar-refractivity contribution in [1.82, 2.24) is 9.97 Å². The van der Waals surface area contributed by atoms with Crippen LogP contribution in [0.3, 0.4) is 0 Å². The highest BCUT2D eigenvalue weighted by Gasteiger charge is 2.13. The van der Waals surface area contributed by atoms with E-state index in [0.29, 0.717) is 32.8 Å². The van der Waals surface area contributed by atoms with Gasteiger partial charge in [-0.05, 0) is 30.3 Å². The van der Waals surface area contributed by atoms with Crippen LogP contribution < -0.4 is 10.5 Å². The second-order valence-corrected chi connectivity index (χ2v) is 5.19. The molecule has 0 saturated heterocycles. The summed E-state index contributed by atoms with van der Waals surface area (Å²) in [4.78, 5) is 7.69. The third kappa shape index (κ3) is 2.17. The van der Waals surface area contributed by atoms with Gasteiger partial charge in [-0.15, -0.1) is 0 Å². The lowest BCUT2D eigenvalue weighted by Crippen LogP contribution is -1.89. The molecule has 0 atom stereocenters. The molecule has 0 bridgehead atoms. The molecular formula is C14H11Cl2N3O. The summed E-state index contributed by atoms with van der Waals surface area (Å²) in [6.45, 7) is 0. The van der Waals surface area contributed by atoms with E-state index in [9.17, 15) is 0 Å². The number of fused-ring (bicyclic) bond motifs is 1. The van der Waals surface area contributed by atoms with Gasteiger partial charge >= 0.3 is 0 Å². The maximum Gasteiger partial charge on any atom is 0.142 e. The van der Waals surface area contributed by atoms with Crippen molar-refractivity contribution in [2.75, 3.05) is 12.8 Å². The van der Waals surface area contributed by atoms with E-state index < -0.39 is 0 Å². The molecule has 102 valence electrons. The van der Waals surface area contributed by atoms with Gasteiger partial charge in [-0.2, -0.15) is 0 Å². The first kappa shape index (κ1) is 13.1. The number of nitrogens with two attached hydrogens (primary N) is 1. The normalized spacial score (nSPS) is 10.9. The fraction of sp³-hybridized carbons (Fsp3) is 0.0714. The molecular weight excluding hydrogens is 297 g/mol. The highest BCUT2D eigenvalue weighted by atomic mass is 35.5. The van der Waals surface area contributed by atoms with Crippen LogP contribution >= 0.6 is 23.2 Å². The average molecular weight is 308 g/mol. The lowest BCUT2D eigenvalue weighted by Gasteiger charge is -2.06. The Morgan fingerprint density at radius 3 is 2.70 bits per heavy atom. The van der Waals surface area contributed by atoms with E-state index in [2.05, 4.69) is 9.97 Å². The van der Waals surface area contributed by atoms with Crippen molar-refractivity contribution in [3.8, 4) is 17.1 Å². The quantitative estimate of drug-likeness (QED) is 0.700. The number of imidazole rings is 1. The number of nitrogen functional groups attached to an aromatic ring is 1. The largest absolute Gasteiger partial charge is 0.496 e. The fourth-order valence-corrected chi connectivity index (χ4v) is 2.48. The minimum Gasteiger partial charge on any atom is -0.496 e. The Morgan fingerprint density at radius 2 is 1.95 bits per heavy atom. The molecule has 0 amide bonds. The number of rotatable bonds is 2. The van der Waals surface area contributed by atoms with E-state index in [0.717, 1.165) is 11.1 Å². The van der Waals surface area contributed by atoms with Crippen LogP contribution in [0.4, 0.5) is 5.69 Å². The maximum atomic E-state index is 5.99. The first-order chi connectivity index (χ1) is 9.58. The van der Waals surface area contributed by atoms with E-state index >= 15 is 0 Å². The SMILES string of the molecule is COc1cc(Cl)ccc1-c1nc2c(N)cc(Cl)cc2[nH]1. The highest BCUT2D eigenvalue weighted by Crippen LogP contribution is 2.33. The second kappa shape index (κ2) is 4.89. The number of anilines is 1. The summed E-state index contributed by atoms with van der Waals surface area (Å²) < 4.78 is 5.33. The molecule has 0 spiro atoms. The molecule has 3 N–H and O–H groups in total. The summed E-state index contributed by atoms with van der Waals surface area (Å²) >= 11 is 11.9. The predicted molar refractivity (Wildman–Crippen MR) is 82.5 cm³/mol. The number of hydrogen-bond acceptors (Lipinski definition) is 3. The molecule has 0 radical (unpaired) electrons. The number of aromatic nitrogens is 2. The van der Waals surface area contributed by atoms with Crippen LogP contribution in [-0.4, -0.2) is 17.1 Å². The van der Waals surface area contributed by atoms with Gasteiger partial charge in [0.25, 0.3) is 0 Å². The Bertz CT molecular complexity index is 798. The summed E-state index contributed by atoms with van der Waals surface area (Å²) in [7, 11) is 1.59. The molecule has 0 unspecified atom stereocenters. The zero-order valence-corrected chi connectivity index (χ0v) is 12.1. The van der Waals surface area contributed by atoms with Gasteiger partial charge in [0, 0.05) is 10.0 Å². The van der Waals surface area contributed by atoms with Crippen molar-refractivity contribution in [3.05, 3.63) is 40.4 Å². The molecule has 0 saturated carbocycles. The molecule has 2 aromatic carbocycles. The summed E-state index contributed by atoms with van der Waals surface area (Å²) in [6.07, 6.45) is 0. The Morgan fingerprint density at radius 1 is 1.15 bits per heavy atom. The van der Waals surface area contributed by atoms with E-state index in [1.54, 1.807) is 31.4 Å². The zero-order valence-electron chi connectivity index (χ0n) is 10.6. The van der Waals surface area contributed by atoms with E-state index in [4.69, 9.17) is 33.7 Å². The molecule has 4 nitrogen and oxygen atoms in total. The predicted octanol–water partition coefficient (Wildman–Crippen LogP) is 4.13. The van der Waals surface area contributed by atoms with Crippen LogP contribution in [0.1, 0.15) is 0 Å². The molecule has 0 aliphatic heterocycles. The molecule has 1 aromatic heterocycles. The van der Waals surface area contributed by atoms with Gasteiger partial charge in [0.1, 0.15) is 17.1 Å². The fourth-order valence-electron chi connectivity index (χ4n) is 2.10. The Kier molecular flexibility index (Phi) is 3.20. The van der Waals surface area contributed by atoms with Gasteiger partial charge in [0.2, 0.25) is 0 Å². The van der Waals surface area contributed by atoms with Gasteiger partial charge in [-0.3, -0.25) is 0 Å². The van der Waals surface area contributed by atoms with Crippen molar-refractivity contribution >= 4 is 39.9 Å². The van der Waals surface area contributed by atoms with Crippen LogP contribution in [0.2, 0.25) is 10.0 Å². The average Bonchev–Trinajstić information content (AvgIpc) is 2.82. The topological polar surface area (TPSA) is 63.9 Å². The molecule has 20 heavy (non-hydrogen) atoms. The number of benzene rings is 2. The zero-order chi connectivity index (χ0) is 14.3. The Labute approximate surface area is 125 Å². The van der Waals surface area contributed by atoms with Crippen molar-refractivity contribution in [2.45, 2.75) is 0 Å². The molecule has 3 rings (SSSR count). The molecule has 1 heterocycles. The Hall–Kier alpha value is -1.91. The lowest BCUT2D eigenvalue weighted by atomic mass is 10.2. The van der Waals surface area contributed by atoms with Crippen LogP contribution in [0.15, 0.2) is 30.3 Å². The van der Waals surface area contributed by atoms with Crippen molar-refractivity contribution in [2.24, 2.45) is 0 Å². The summed E-state index contributed by atoms with van der Waals surface area (Å²) in [5.41, 5.74) is 8.72. The van der Waals surface area contributed by atoms with Crippen molar-refractivity contribution < 1.29 is 4.74 Å². The minimum atomic E-state index is 0.530. The van der Waals surface area contributed by atoms with Crippen LogP contribution in [0.25, 0.3) is 22.4 Å². The lowest BCUT2D eigenvalue weighted by molar-refractivity contribution is 0.416. The third-order valence-electron chi connectivity index (χ3n) is 3.00. The number of nitrogens with one attached hydrogen (secondary N) is 1. The monoisotopic (exact) mass is 307 g/mol. The standard InChI is InChI=1S/C14H11Cl2N3O/c1-20-12-6-7(15)2-3-9(12)14-18-11-5-8(16)4-10(17)13(11)19-14/h2-6H,17H2,1H3,(H,18,19). The van der Waals surface area contributed by atoms with Gasteiger partial charge in [0.05, 0.1) is 23.9 Å². The number of H-pyrrole nitrogens is 1. The minimum absolute atomic E-state index is 0.530. The highest BCUT2D eigenvalue weighted by molar-refractivity contribution is 6.31. The number of aromatic amines is 1. The molecule has 3 aromatic rings. The second-order valence-electron chi connectivity index (χ2n) is 4.32. The van der Waals surface area contributed by atoms with E-state index in [1.165, 1.54) is 0 Å². The number of methoxy groups -OCH3 is 1.